The monoisotopic (exact) mass is 414 g/mol. The van der Waals surface area contributed by atoms with E-state index in [0.717, 1.165) is 5.69 Å². The van der Waals surface area contributed by atoms with Crippen LogP contribution < -0.4 is 16.6 Å². The average Bonchev–Trinajstić information content (AvgIpc) is 2.66. The third-order valence-electron chi connectivity index (χ3n) is 4.27. The van der Waals surface area contributed by atoms with Crippen molar-refractivity contribution in [3.63, 3.8) is 0 Å². The van der Waals surface area contributed by atoms with Crippen LogP contribution in [0.1, 0.15) is 29.4 Å². The molecule has 0 unspecified atom stereocenters. The molecular formula is C20H19ClN4O4. The Labute approximate surface area is 171 Å². The van der Waals surface area contributed by atoms with E-state index in [4.69, 9.17) is 22.1 Å². The highest BCUT2D eigenvalue weighted by molar-refractivity contribution is 6.30. The molecule has 29 heavy (non-hydrogen) atoms. The van der Waals surface area contributed by atoms with E-state index in [1.807, 2.05) is 0 Å². The number of ether oxygens (including phenoxy) is 1. The molecule has 0 aliphatic carbocycles. The number of rotatable bonds is 6. The number of urea groups is 1. The van der Waals surface area contributed by atoms with Crippen LogP contribution in [0.15, 0.2) is 53.3 Å². The van der Waals surface area contributed by atoms with Crippen molar-refractivity contribution in [2.45, 2.75) is 26.0 Å². The van der Waals surface area contributed by atoms with Crippen LogP contribution in [0.5, 0.6) is 0 Å². The zero-order valence-corrected chi connectivity index (χ0v) is 16.3. The minimum absolute atomic E-state index is 0.143. The van der Waals surface area contributed by atoms with Crippen molar-refractivity contribution in [1.29, 1.82) is 0 Å². The van der Waals surface area contributed by atoms with Crippen LogP contribution in [0, 0.1) is 6.92 Å². The Morgan fingerprint density at radius 3 is 2.66 bits per heavy atom. The highest BCUT2D eigenvalue weighted by Gasteiger charge is 2.19. The summed E-state index contributed by atoms with van der Waals surface area (Å²) in [6.45, 7) is 1.64. The van der Waals surface area contributed by atoms with Crippen LogP contribution in [0.25, 0.3) is 5.65 Å². The number of aryl methyl sites for hydroxylation is 1. The van der Waals surface area contributed by atoms with Gasteiger partial charge in [0.25, 0.3) is 5.56 Å². The number of pyridine rings is 1. The Morgan fingerprint density at radius 2 is 1.97 bits per heavy atom. The van der Waals surface area contributed by atoms with Crippen molar-refractivity contribution in [2.24, 2.45) is 5.73 Å². The van der Waals surface area contributed by atoms with Gasteiger partial charge in [-0.15, -0.1) is 0 Å². The van der Waals surface area contributed by atoms with Gasteiger partial charge in [-0.1, -0.05) is 29.8 Å². The smallest absolute Gasteiger partial charge is 0.312 e. The lowest BCUT2D eigenvalue weighted by Gasteiger charge is -2.17. The summed E-state index contributed by atoms with van der Waals surface area (Å²) in [5, 5.41) is 3.04. The molecule has 150 valence electrons. The average molecular weight is 415 g/mol. The van der Waals surface area contributed by atoms with Gasteiger partial charge in [0.05, 0.1) is 18.2 Å². The molecule has 0 aliphatic heterocycles. The van der Waals surface area contributed by atoms with Gasteiger partial charge in [0.2, 0.25) is 0 Å². The molecular weight excluding hydrogens is 396 g/mol. The molecule has 0 aliphatic rings. The normalized spacial score (nSPS) is 11.8. The Balaban J connectivity index is 1.70. The number of esters is 1. The van der Waals surface area contributed by atoms with Crippen LogP contribution in [0.4, 0.5) is 4.79 Å². The molecule has 3 rings (SSSR count). The topological polar surface area (TPSA) is 116 Å². The first-order valence-corrected chi connectivity index (χ1v) is 9.16. The number of aromatic nitrogens is 2. The molecule has 0 saturated heterocycles. The minimum atomic E-state index is -0.766. The maximum absolute atomic E-state index is 12.3. The highest BCUT2D eigenvalue weighted by atomic mass is 35.5. The lowest BCUT2D eigenvalue weighted by atomic mass is 10.0. The zero-order chi connectivity index (χ0) is 21.0. The number of amides is 2. The lowest BCUT2D eigenvalue weighted by molar-refractivity contribution is -0.145. The van der Waals surface area contributed by atoms with Crippen molar-refractivity contribution in [3.05, 3.63) is 80.9 Å². The summed E-state index contributed by atoms with van der Waals surface area (Å²) < 4.78 is 6.72. The van der Waals surface area contributed by atoms with Gasteiger partial charge < -0.3 is 15.8 Å². The summed E-state index contributed by atoms with van der Waals surface area (Å²) >= 11 is 5.87. The molecule has 9 heteroatoms. The van der Waals surface area contributed by atoms with Crippen LogP contribution in [-0.4, -0.2) is 21.4 Å². The molecule has 0 spiro atoms. The number of nitrogens with zero attached hydrogens (tertiary/aromatic N) is 2. The standard InChI is InChI=1S/C20H19ClN4O4/c1-12-3-2-4-17-23-15(9-18(26)25(12)17)11-29-19(27)10-16(24-20(22)28)13-5-7-14(21)8-6-13/h2-9,16H,10-11H2,1H3,(H3,22,24,28)/t16-/m1/s1. The fourth-order valence-corrected chi connectivity index (χ4v) is 3.06. The third-order valence-corrected chi connectivity index (χ3v) is 4.53. The molecule has 3 N–H and O–H groups in total. The van der Waals surface area contributed by atoms with E-state index in [2.05, 4.69) is 10.3 Å². The van der Waals surface area contributed by atoms with Crippen molar-refractivity contribution in [1.82, 2.24) is 14.7 Å². The summed E-state index contributed by atoms with van der Waals surface area (Å²) in [7, 11) is 0. The maximum atomic E-state index is 12.3. The van der Waals surface area contributed by atoms with E-state index < -0.39 is 18.0 Å². The fraction of sp³-hybridized carbons (Fsp3) is 0.200. The van der Waals surface area contributed by atoms with E-state index in [-0.39, 0.29) is 18.6 Å². The fourth-order valence-electron chi connectivity index (χ4n) is 2.94. The largest absolute Gasteiger partial charge is 0.459 e. The molecule has 2 aromatic heterocycles. The molecule has 1 atom stereocenters. The van der Waals surface area contributed by atoms with Gasteiger partial charge in [-0.3, -0.25) is 14.0 Å². The molecule has 3 aromatic rings. The second-order valence-electron chi connectivity index (χ2n) is 6.42. The van der Waals surface area contributed by atoms with E-state index in [9.17, 15) is 14.4 Å². The molecule has 2 amide bonds. The molecule has 0 fully saturated rings. The summed E-state index contributed by atoms with van der Waals surface area (Å²) in [5.41, 5.74) is 7.17. The van der Waals surface area contributed by atoms with Crippen molar-refractivity contribution in [3.8, 4) is 0 Å². The number of hydrogen-bond donors (Lipinski definition) is 2. The molecule has 0 bridgehead atoms. The molecule has 1 aromatic carbocycles. The highest BCUT2D eigenvalue weighted by Crippen LogP contribution is 2.20. The van der Waals surface area contributed by atoms with Gasteiger partial charge in [-0.2, -0.15) is 0 Å². The second-order valence-corrected chi connectivity index (χ2v) is 6.86. The maximum Gasteiger partial charge on any atom is 0.312 e. The number of carbonyl (C=O) groups is 2. The number of carbonyl (C=O) groups excluding carboxylic acids is 2. The van der Waals surface area contributed by atoms with E-state index in [1.54, 1.807) is 49.4 Å². The van der Waals surface area contributed by atoms with Gasteiger partial charge >= 0.3 is 12.0 Å². The number of nitrogens with two attached hydrogens (primary N) is 1. The Morgan fingerprint density at radius 1 is 1.24 bits per heavy atom. The second kappa shape index (κ2) is 8.74. The lowest BCUT2D eigenvalue weighted by Crippen LogP contribution is -2.34. The first kappa shape index (κ1) is 20.3. The molecule has 8 nitrogen and oxygen atoms in total. The third kappa shape index (κ3) is 5.11. The molecule has 0 radical (unpaired) electrons. The van der Waals surface area contributed by atoms with Crippen LogP contribution in [0.3, 0.4) is 0 Å². The Bertz CT molecular complexity index is 1110. The first-order valence-electron chi connectivity index (χ1n) is 8.79. The zero-order valence-electron chi connectivity index (χ0n) is 15.6. The summed E-state index contributed by atoms with van der Waals surface area (Å²) in [6.07, 6.45) is -0.143. The number of halogens is 1. The summed E-state index contributed by atoms with van der Waals surface area (Å²) in [4.78, 5) is 40.2. The molecule has 2 heterocycles. The predicted molar refractivity (Wildman–Crippen MR) is 108 cm³/mol. The van der Waals surface area contributed by atoms with E-state index in [1.165, 1.54) is 10.5 Å². The SMILES string of the molecule is Cc1cccc2nc(COC(=O)C[C@@H](NC(N)=O)c3ccc(Cl)cc3)cc(=O)n12. The van der Waals surface area contributed by atoms with Gasteiger partial charge in [0.1, 0.15) is 12.3 Å². The number of benzene rings is 1. The number of primary amides is 1. The Hall–Kier alpha value is -3.39. The summed E-state index contributed by atoms with van der Waals surface area (Å²) in [5.74, 6) is -0.579. The number of fused-ring (bicyclic) bond motifs is 1. The van der Waals surface area contributed by atoms with Gasteiger partial charge in [-0.05, 0) is 36.8 Å². The predicted octanol–water partition coefficient (Wildman–Crippen LogP) is 2.50. The summed E-state index contributed by atoms with van der Waals surface area (Å²) in [6, 6.07) is 11.8. The quantitative estimate of drug-likeness (QED) is 0.601. The van der Waals surface area contributed by atoms with E-state index >= 15 is 0 Å². The number of hydrogen-bond acceptors (Lipinski definition) is 5. The first-order chi connectivity index (χ1) is 13.8. The van der Waals surface area contributed by atoms with Crippen LogP contribution in [-0.2, 0) is 16.1 Å². The molecule has 0 saturated carbocycles. The Kier molecular flexibility index (Phi) is 6.13. The van der Waals surface area contributed by atoms with Gasteiger partial charge in [0, 0.05) is 16.8 Å². The van der Waals surface area contributed by atoms with Gasteiger partial charge in [0.15, 0.2) is 0 Å². The van der Waals surface area contributed by atoms with Crippen molar-refractivity contribution >= 4 is 29.2 Å². The van der Waals surface area contributed by atoms with Crippen molar-refractivity contribution in [2.75, 3.05) is 0 Å². The van der Waals surface area contributed by atoms with Gasteiger partial charge in [-0.25, -0.2) is 9.78 Å². The van der Waals surface area contributed by atoms with Crippen LogP contribution >= 0.6 is 11.6 Å². The van der Waals surface area contributed by atoms with E-state index in [0.29, 0.717) is 21.9 Å². The van der Waals surface area contributed by atoms with Crippen molar-refractivity contribution < 1.29 is 14.3 Å². The number of nitrogens with one attached hydrogen (secondary N) is 1. The van der Waals surface area contributed by atoms with Crippen LogP contribution in [0.2, 0.25) is 5.02 Å². The minimum Gasteiger partial charge on any atom is -0.459 e.